The topological polar surface area (TPSA) is 159 Å². The van der Waals surface area contributed by atoms with Crippen LogP contribution >= 0.6 is 33.3 Å². The van der Waals surface area contributed by atoms with Crippen LogP contribution in [0.2, 0.25) is 0 Å². The molecule has 2 amide bonds. The van der Waals surface area contributed by atoms with Crippen LogP contribution in [-0.2, 0) is 23.8 Å². The van der Waals surface area contributed by atoms with Gasteiger partial charge in [-0.3, -0.25) is 9.59 Å². The van der Waals surface area contributed by atoms with Crippen molar-refractivity contribution in [3.63, 3.8) is 0 Å². The predicted molar refractivity (Wildman–Crippen MR) is 156 cm³/mol. The summed E-state index contributed by atoms with van der Waals surface area (Å²) >= 11 is 1.38. The molecule has 40 heavy (non-hydrogen) atoms. The third-order valence-electron chi connectivity index (χ3n) is 6.37. The maximum Gasteiger partial charge on any atom is 0.243 e. The Hall–Kier alpha value is -1.10. The number of aliphatic hydroxyl groups is 3. The highest BCUT2D eigenvalue weighted by Gasteiger charge is 2.40. The summed E-state index contributed by atoms with van der Waals surface area (Å²) in [6.07, 6.45) is -0.149. The Morgan fingerprint density at radius 1 is 1.25 bits per heavy atom. The molecule has 0 radical (unpaired) electrons. The van der Waals surface area contributed by atoms with Crippen LogP contribution < -0.4 is 10.6 Å². The molecule has 226 valence electrons. The molecule has 1 aromatic heterocycles. The quantitative estimate of drug-likeness (QED) is 0.134. The molecule has 4 unspecified atom stereocenters. The zero-order valence-corrected chi connectivity index (χ0v) is 25.1. The van der Waals surface area contributed by atoms with E-state index in [0.717, 1.165) is 11.4 Å². The molecule has 2 aliphatic rings. The average molecular weight is 620 g/mol. The van der Waals surface area contributed by atoms with Gasteiger partial charge in [0.25, 0.3) is 0 Å². The average Bonchev–Trinajstić information content (AvgIpc) is 2.95. The molecular formula is C26H41N3O8S3. The number of amides is 2. The predicted octanol–water partition coefficient (Wildman–Crippen LogP) is 1.35. The molecule has 11 nitrogen and oxygen atoms in total. The van der Waals surface area contributed by atoms with Crippen molar-refractivity contribution in [2.45, 2.75) is 86.9 Å². The highest BCUT2D eigenvalue weighted by atomic mass is 33.1. The third kappa shape index (κ3) is 11.3. The van der Waals surface area contributed by atoms with Gasteiger partial charge in [-0.1, -0.05) is 23.8 Å². The lowest BCUT2D eigenvalue weighted by Crippen LogP contribution is -2.53. The normalized spacial score (nSPS) is 27.6. The fraction of sp³-hybridized carbons (Fsp3) is 0.731. The van der Waals surface area contributed by atoms with E-state index in [4.69, 9.17) is 14.2 Å². The largest absolute Gasteiger partial charge is 0.394 e. The van der Waals surface area contributed by atoms with Gasteiger partial charge in [-0.25, -0.2) is 4.98 Å². The number of nitrogens with zero attached hydrogens (tertiary/aromatic N) is 1. The summed E-state index contributed by atoms with van der Waals surface area (Å²) in [5.74, 6) is 0.838. The van der Waals surface area contributed by atoms with E-state index in [1.807, 2.05) is 25.1 Å². The lowest BCUT2D eigenvalue weighted by Gasteiger charge is -2.40. The number of pyridine rings is 1. The number of aliphatic hydroxyl groups excluding tert-OH is 3. The highest BCUT2D eigenvalue weighted by molar-refractivity contribution is 8.76. The number of hydrogen-bond acceptors (Lipinski definition) is 12. The van der Waals surface area contributed by atoms with Crippen molar-refractivity contribution >= 4 is 45.2 Å². The maximum atomic E-state index is 12.9. The van der Waals surface area contributed by atoms with E-state index in [9.17, 15) is 24.9 Å². The molecule has 2 aliphatic heterocycles. The molecule has 3 rings (SSSR count). The maximum absolute atomic E-state index is 12.9. The summed E-state index contributed by atoms with van der Waals surface area (Å²) in [5, 5.41) is 37.1. The van der Waals surface area contributed by atoms with E-state index in [1.165, 1.54) is 22.6 Å². The van der Waals surface area contributed by atoms with Crippen molar-refractivity contribution in [3.8, 4) is 0 Å². The number of hydrogen-bond donors (Lipinski definition) is 5. The van der Waals surface area contributed by atoms with Crippen molar-refractivity contribution in [2.24, 2.45) is 0 Å². The van der Waals surface area contributed by atoms with Gasteiger partial charge in [-0.2, -0.15) is 11.8 Å². The number of rotatable bonds is 16. The molecule has 0 saturated carbocycles. The molecule has 0 aliphatic carbocycles. The van der Waals surface area contributed by atoms with Crippen LogP contribution in [0.25, 0.3) is 0 Å². The van der Waals surface area contributed by atoms with Gasteiger partial charge in [0.1, 0.15) is 23.3 Å². The first kappa shape index (κ1) is 33.4. The van der Waals surface area contributed by atoms with E-state index >= 15 is 0 Å². The number of carbonyl (C=O) groups excluding carboxylic acids is 2. The summed E-state index contributed by atoms with van der Waals surface area (Å²) in [5.41, 5.74) is 0. The number of carbonyl (C=O) groups is 2. The fourth-order valence-corrected chi connectivity index (χ4v) is 7.19. The zero-order valence-electron chi connectivity index (χ0n) is 22.7. The Kier molecular flexibility index (Phi) is 15.4. The van der Waals surface area contributed by atoms with Crippen molar-refractivity contribution in [1.82, 2.24) is 15.6 Å². The number of aromatic nitrogens is 1. The van der Waals surface area contributed by atoms with Crippen molar-refractivity contribution in [2.75, 3.05) is 37.0 Å². The van der Waals surface area contributed by atoms with Gasteiger partial charge < -0.3 is 40.2 Å². The summed E-state index contributed by atoms with van der Waals surface area (Å²) in [7, 11) is 3.12. The Bertz CT molecular complexity index is 890. The molecule has 2 fully saturated rings. The molecule has 0 bridgehead atoms. The molecule has 3 heterocycles. The second-order valence-electron chi connectivity index (χ2n) is 9.59. The summed E-state index contributed by atoms with van der Waals surface area (Å²) in [4.78, 5) is 29.4. The second-order valence-corrected chi connectivity index (χ2v) is 13.1. The minimum absolute atomic E-state index is 0.0819. The van der Waals surface area contributed by atoms with Gasteiger partial charge >= 0.3 is 0 Å². The Morgan fingerprint density at radius 3 is 2.85 bits per heavy atom. The Labute approximate surface area is 247 Å². The minimum atomic E-state index is -1.02. The van der Waals surface area contributed by atoms with Gasteiger partial charge in [-0.15, -0.1) is 0 Å². The van der Waals surface area contributed by atoms with Crippen LogP contribution in [0.15, 0.2) is 29.4 Å². The van der Waals surface area contributed by atoms with Crippen LogP contribution in [0.1, 0.15) is 39.0 Å². The number of ether oxygens (including phenoxy) is 3. The zero-order chi connectivity index (χ0) is 28.7. The Morgan fingerprint density at radius 2 is 2.10 bits per heavy atom. The molecule has 7 atom stereocenters. The number of nitrogens with one attached hydrogen (secondary N) is 2. The molecule has 14 heteroatoms. The van der Waals surface area contributed by atoms with E-state index in [-0.39, 0.29) is 24.8 Å². The van der Waals surface area contributed by atoms with Crippen LogP contribution in [0.5, 0.6) is 0 Å². The van der Waals surface area contributed by atoms with E-state index in [1.54, 1.807) is 17.0 Å². The van der Waals surface area contributed by atoms with Gasteiger partial charge in [0.15, 0.2) is 6.29 Å². The van der Waals surface area contributed by atoms with Crippen LogP contribution in [-0.4, -0.2) is 112 Å². The van der Waals surface area contributed by atoms with E-state index in [2.05, 4.69) is 15.6 Å². The van der Waals surface area contributed by atoms with Gasteiger partial charge in [-0.05, 0) is 42.2 Å². The van der Waals surface area contributed by atoms with Crippen LogP contribution in [0.4, 0.5) is 0 Å². The lowest BCUT2D eigenvalue weighted by molar-refractivity contribution is -0.291. The first-order chi connectivity index (χ1) is 19.4. The third-order valence-corrected chi connectivity index (χ3v) is 9.77. The second kappa shape index (κ2) is 18.4. The van der Waals surface area contributed by atoms with Crippen LogP contribution in [0.3, 0.4) is 0 Å². The highest BCUT2D eigenvalue weighted by Crippen LogP contribution is 2.29. The molecule has 5 N–H and O–H groups in total. The first-order valence-corrected chi connectivity index (χ1v) is 17.1. The Balaban J connectivity index is 1.46. The smallest absolute Gasteiger partial charge is 0.243 e. The molecule has 2 saturated heterocycles. The lowest BCUT2D eigenvalue weighted by atomic mass is 10.0. The van der Waals surface area contributed by atoms with Crippen molar-refractivity contribution < 1.29 is 39.1 Å². The molecule has 0 aromatic carbocycles. The van der Waals surface area contributed by atoms with Crippen LogP contribution in [0, 0.1) is 0 Å². The minimum Gasteiger partial charge on any atom is -0.394 e. The van der Waals surface area contributed by atoms with Gasteiger partial charge in [0, 0.05) is 49.4 Å². The molecule has 1 aromatic rings. The van der Waals surface area contributed by atoms with Crippen molar-refractivity contribution in [3.05, 3.63) is 24.4 Å². The summed E-state index contributed by atoms with van der Waals surface area (Å²) < 4.78 is 17.4. The SMILES string of the molecule is CCCC(=O)N[C@H](CSCC1OC(O[C@H]2CCCOC2CO)C(O)C[C@@H]1O)C(=O)NCCSSc1ccccn1. The van der Waals surface area contributed by atoms with E-state index < -0.39 is 42.9 Å². The van der Waals surface area contributed by atoms with Gasteiger partial charge in [0.05, 0.1) is 24.9 Å². The van der Waals surface area contributed by atoms with Crippen molar-refractivity contribution in [1.29, 1.82) is 0 Å². The fourth-order valence-electron chi connectivity index (χ4n) is 4.26. The standard InChI is InChI=1S/C26H41N3O8S3/c1-2-6-23(33)29-17(25(34)28-10-12-39-40-24-8-3-4-9-27-24)15-38-16-22-18(31)13-19(32)26(37-22)36-20-7-5-11-35-21(20)14-30/h3-4,8-9,17-22,26,30-32H,2,5-7,10-16H2,1H3,(H,28,34)(H,29,33)/t17-,18+,19?,20+,21?,22?,26?/m1/s1. The summed E-state index contributed by atoms with van der Waals surface area (Å²) in [6, 6.07) is 4.96. The van der Waals surface area contributed by atoms with Gasteiger partial charge in [0.2, 0.25) is 11.8 Å². The summed E-state index contributed by atoms with van der Waals surface area (Å²) in [6.45, 7) is 2.69. The van der Waals surface area contributed by atoms with E-state index in [0.29, 0.717) is 49.7 Å². The first-order valence-electron chi connectivity index (χ1n) is 13.7. The molecular weight excluding hydrogens is 579 g/mol. The molecule has 0 spiro atoms. The monoisotopic (exact) mass is 619 g/mol. The number of thioether (sulfide) groups is 1.